The SMILES string of the molecule is CCc1cnc(CNS(=O)(=O)c2ccc(OC)cc2N)o1. The van der Waals surface area contributed by atoms with Crippen LogP contribution in [0.2, 0.25) is 0 Å². The van der Waals surface area contributed by atoms with Crippen molar-refractivity contribution in [2.45, 2.75) is 24.8 Å². The largest absolute Gasteiger partial charge is 0.497 e. The monoisotopic (exact) mass is 311 g/mol. The van der Waals surface area contributed by atoms with E-state index in [0.717, 1.165) is 0 Å². The summed E-state index contributed by atoms with van der Waals surface area (Å²) >= 11 is 0. The zero-order valence-electron chi connectivity index (χ0n) is 11.8. The lowest BCUT2D eigenvalue weighted by atomic mass is 10.3. The van der Waals surface area contributed by atoms with E-state index in [4.69, 9.17) is 14.9 Å². The van der Waals surface area contributed by atoms with Crippen molar-refractivity contribution in [2.75, 3.05) is 12.8 Å². The van der Waals surface area contributed by atoms with Gasteiger partial charge in [0.2, 0.25) is 15.9 Å². The van der Waals surface area contributed by atoms with Crippen LogP contribution in [0.15, 0.2) is 33.7 Å². The molecule has 2 aromatic rings. The molecule has 1 heterocycles. The molecule has 0 fully saturated rings. The summed E-state index contributed by atoms with van der Waals surface area (Å²) in [4.78, 5) is 3.98. The lowest BCUT2D eigenvalue weighted by Gasteiger charge is -2.09. The Morgan fingerprint density at radius 1 is 1.43 bits per heavy atom. The molecule has 0 saturated heterocycles. The minimum absolute atomic E-state index is 0.00873. The maximum Gasteiger partial charge on any atom is 0.243 e. The van der Waals surface area contributed by atoms with Crippen molar-refractivity contribution in [2.24, 2.45) is 0 Å². The zero-order valence-corrected chi connectivity index (χ0v) is 12.6. The third-order valence-electron chi connectivity index (χ3n) is 2.87. The number of sulfonamides is 1. The number of methoxy groups -OCH3 is 1. The van der Waals surface area contributed by atoms with Gasteiger partial charge < -0.3 is 14.9 Å². The molecule has 114 valence electrons. The lowest BCUT2D eigenvalue weighted by Crippen LogP contribution is -2.24. The van der Waals surface area contributed by atoms with Crippen LogP contribution < -0.4 is 15.2 Å². The minimum atomic E-state index is -3.74. The number of benzene rings is 1. The van der Waals surface area contributed by atoms with Gasteiger partial charge in [-0.25, -0.2) is 18.1 Å². The van der Waals surface area contributed by atoms with Crippen LogP contribution >= 0.6 is 0 Å². The highest BCUT2D eigenvalue weighted by molar-refractivity contribution is 7.89. The van der Waals surface area contributed by atoms with Crippen LogP contribution in [0.1, 0.15) is 18.6 Å². The van der Waals surface area contributed by atoms with E-state index in [1.165, 1.54) is 25.3 Å². The van der Waals surface area contributed by atoms with Crippen LogP contribution in [0, 0.1) is 0 Å². The first-order valence-electron chi connectivity index (χ1n) is 6.33. The Bertz CT molecular complexity index is 725. The maximum absolute atomic E-state index is 12.2. The van der Waals surface area contributed by atoms with Crippen LogP contribution in [-0.4, -0.2) is 20.5 Å². The van der Waals surface area contributed by atoms with Crippen LogP contribution in [0.5, 0.6) is 5.75 Å². The predicted octanol–water partition coefficient (Wildman–Crippen LogP) is 1.31. The number of oxazole rings is 1. The Morgan fingerprint density at radius 2 is 2.19 bits per heavy atom. The summed E-state index contributed by atoms with van der Waals surface area (Å²) in [5.74, 6) is 1.50. The predicted molar refractivity (Wildman–Crippen MR) is 77.3 cm³/mol. The third kappa shape index (κ3) is 3.53. The summed E-state index contributed by atoms with van der Waals surface area (Å²) in [6.45, 7) is 1.89. The number of rotatable bonds is 6. The number of hydrogen-bond donors (Lipinski definition) is 2. The highest BCUT2D eigenvalue weighted by Gasteiger charge is 2.18. The van der Waals surface area contributed by atoms with Crippen molar-refractivity contribution >= 4 is 15.7 Å². The van der Waals surface area contributed by atoms with E-state index >= 15 is 0 Å². The average Bonchev–Trinajstić information content (AvgIpc) is 2.93. The van der Waals surface area contributed by atoms with E-state index in [-0.39, 0.29) is 17.1 Å². The Morgan fingerprint density at radius 3 is 2.76 bits per heavy atom. The van der Waals surface area contributed by atoms with E-state index in [1.807, 2.05) is 6.92 Å². The molecule has 1 aromatic carbocycles. The molecule has 7 nitrogen and oxygen atoms in total. The van der Waals surface area contributed by atoms with Gasteiger partial charge in [-0.05, 0) is 12.1 Å². The van der Waals surface area contributed by atoms with Gasteiger partial charge in [0.1, 0.15) is 16.4 Å². The molecule has 1 aromatic heterocycles. The molecule has 21 heavy (non-hydrogen) atoms. The van der Waals surface area contributed by atoms with Gasteiger partial charge in [-0.1, -0.05) is 6.92 Å². The van der Waals surface area contributed by atoms with Crippen LogP contribution in [-0.2, 0) is 23.0 Å². The van der Waals surface area contributed by atoms with Crippen molar-refractivity contribution in [3.8, 4) is 5.75 Å². The fourth-order valence-corrected chi connectivity index (χ4v) is 2.81. The summed E-state index contributed by atoms with van der Waals surface area (Å²) in [5, 5.41) is 0. The third-order valence-corrected chi connectivity index (χ3v) is 4.34. The molecule has 3 N–H and O–H groups in total. The molecular formula is C13H17N3O4S. The van der Waals surface area contributed by atoms with Crippen molar-refractivity contribution < 1.29 is 17.6 Å². The standard InChI is InChI=1S/C13H17N3O4S/c1-3-9-7-15-13(20-9)8-16-21(17,18)12-5-4-10(19-2)6-11(12)14/h4-7,16H,3,8,14H2,1-2H3. The molecule has 0 spiro atoms. The average molecular weight is 311 g/mol. The zero-order chi connectivity index (χ0) is 15.5. The first-order chi connectivity index (χ1) is 9.96. The number of ether oxygens (including phenoxy) is 1. The quantitative estimate of drug-likeness (QED) is 0.779. The van der Waals surface area contributed by atoms with Gasteiger partial charge in [0, 0.05) is 12.5 Å². The highest BCUT2D eigenvalue weighted by atomic mass is 32.2. The molecule has 8 heteroatoms. The summed E-state index contributed by atoms with van der Waals surface area (Å²) in [6.07, 6.45) is 2.27. The van der Waals surface area contributed by atoms with Crippen molar-refractivity contribution in [3.63, 3.8) is 0 Å². The summed E-state index contributed by atoms with van der Waals surface area (Å²) in [7, 11) is -2.26. The Labute approximate surface area is 123 Å². The van der Waals surface area contributed by atoms with E-state index < -0.39 is 10.0 Å². The molecule has 0 radical (unpaired) electrons. The molecule has 0 saturated carbocycles. The second-order valence-corrected chi connectivity index (χ2v) is 6.04. The minimum Gasteiger partial charge on any atom is -0.497 e. The van der Waals surface area contributed by atoms with Gasteiger partial charge in [-0.2, -0.15) is 0 Å². The molecule has 0 aliphatic carbocycles. The molecule has 0 aliphatic rings. The van der Waals surface area contributed by atoms with E-state index in [2.05, 4.69) is 9.71 Å². The topological polar surface area (TPSA) is 107 Å². The molecule has 2 rings (SSSR count). The number of nitrogens with one attached hydrogen (secondary N) is 1. The normalized spacial score (nSPS) is 11.5. The lowest BCUT2D eigenvalue weighted by molar-refractivity contribution is 0.414. The molecule has 0 aliphatic heterocycles. The van der Waals surface area contributed by atoms with E-state index in [9.17, 15) is 8.42 Å². The number of aryl methyl sites for hydroxylation is 1. The number of nitrogen functional groups attached to an aromatic ring is 1. The second-order valence-electron chi connectivity index (χ2n) is 4.30. The van der Waals surface area contributed by atoms with Crippen molar-refractivity contribution in [3.05, 3.63) is 36.0 Å². The smallest absolute Gasteiger partial charge is 0.243 e. The van der Waals surface area contributed by atoms with Crippen molar-refractivity contribution in [1.82, 2.24) is 9.71 Å². The fraction of sp³-hybridized carbons (Fsp3) is 0.308. The number of nitrogens with two attached hydrogens (primary N) is 1. The Balaban J connectivity index is 2.14. The Kier molecular flexibility index (Phi) is 4.49. The first kappa shape index (κ1) is 15.3. The van der Waals surface area contributed by atoms with Gasteiger partial charge in [-0.15, -0.1) is 0 Å². The fourth-order valence-electron chi connectivity index (χ4n) is 1.73. The second kappa shape index (κ2) is 6.15. The number of hydrogen-bond acceptors (Lipinski definition) is 6. The van der Waals surface area contributed by atoms with Gasteiger partial charge in [-0.3, -0.25) is 0 Å². The number of nitrogens with zero attached hydrogens (tertiary/aromatic N) is 1. The van der Waals surface area contributed by atoms with Crippen LogP contribution in [0.3, 0.4) is 0 Å². The molecule has 0 atom stereocenters. The molecule has 0 bridgehead atoms. The van der Waals surface area contributed by atoms with Gasteiger partial charge >= 0.3 is 0 Å². The van der Waals surface area contributed by atoms with E-state index in [1.54, 1.807) is 6.20 Å². The van der Waals surface area contributed by atoms with Gasteiger partial charge in [0.25, 0.3) is 0 Å². The summed E-state index contributed by atoms with van der Waals surface area (Å²) in [5.41, 5.74) is 5.85. The number of aromatic nitrogens is 1. The molecule has 0 unspecified atom stereocenters. The van der Waals surface area contributed by atoms with Crippen LogP contribution in [0.4, 0.5) is 5.69 Å². The first-order valence-corrected chi connectivity index (χ1v) is 7.81. The maximum atomic E-state index is 12.2. The van der Waals surface area contributed by atoms with Crippen LogP contribution in [0.25, 0.3) is 0 Å². The summed E-state index contributed by atoms with van der Waals surface area (Å²) in [6, 6.07) is 4.38. The molecular weight excluding hydrogens is 294 g/mol. The highest BCUT2D eigenvalue weighted by Crippen LogP contribution is 2.23. The van der Waals surface area contributed by atoms with Gasteiger partial charge in [0.15, 0.2) is 0 Å². The summed E-state index contributed by atoms with van der Waals surface area (Å²) < 4.78 is 37.1. The number of anilines is 1. The van der Waals surface area contributed by atoms with Crippen molar-refractivity contribution in [1.29, 1.82) is 0 Å². The van der Waals surface area contributed by atoms with Gasteiger partial charge in [0.05, 0.1) is 25.5 Å². The van der Waals surface area contributed by atoms with E-state index in [0.29, 0.717) is 23.8 Å². The molecule has 0 amide bonds. The Hall–Kier alpha value is -2.06.